The van der Waals surface area contributed by atoms with Gasteiger partial charge >= 0.3 is 236 Å². The van der Waals surface area contributed by atoms with Gasteiger partial charge in [-0.1, -0.05) is 0 Å². The van der Waals surface area contributed by atoms with E-state index in [1.807, 2.05) is 0 Å². The average Bonchev–Trinajstić information content (AvgIpc) is 1.62. The summed E-state index contributed by atoms with van der Waals surface area (Å²) in [6.07, 6.45) is 0. The van der Waals surface area contributed by atoms with Crippen molar-refractivity contribution in [2.24, 2.45) is 0 Å². The SMILES string of the molecule is O.O.O=[Se](=O)(O)O.O=[Se](=O)(O)O.O=[Se](=O)([O-])[O-].O=[Se](=O)([O-])[O-].[Na+].[Na+].[Na+].[Na+].[Na]. The van der Waals surface area contributed by atoms with Gasteiger partial charge in [0.2, 0.25) is 0 Å². The second kappa shape index (κ2) is 33.3. The van der Waals surface area contributed by atoms with Crippen molar-refractivity contribution in [3.05, 3.63) is 0 Å². The summed E-state index contributed by atoms with van der Waals surface area (Å²) in [5, 5.41) is 0. The molecule has 0 aromatic rings. The van der Waals surface area contributed by atoms with E-state index in [0.717, 1.165) is 0 Å². The minimum Gasteiger partial charge on any atom is 0 e. The molecule has 0 aliphatic heterocycles. The molecule has 145 valence electrons. The molecule has 0 atom stereocenters. The van der Waals surface area contributed by atoms with Crippen molar-refractivity contribution in [2.45, 2.75) is 0 Å². The Hall–Kier alpha value is 5.08. The maximum Gasteiger partial charge on any atom is 1.00 e. The molecule has 0 saturated carbocycles. The van der Waals surface area contributed by atoms with Crippen LogP contribution in [-0.2, 0) is 30.7 Å². The molecule has 27 heavy (non-hydrogen) atoms. The average molecular weight is 727 g/mol. The normalized spacial score (nSPS) is 8.59. The van der Waals surface area contributed by atoms with E-state index in [2.05, 4.69) is 0 Å². The zero-order valence-corrected chi connectivity index (χ0v) is 31.2. The van der Waals surface area contributed by atoms with Crippen molar-refractivity contribution in [1.82, 2.24) is 0 Å². The molecule has 0 saturated heterocycles. The summed E-state index contributed by atoms with van der Waals surface area (Å²) in [5.74, 6) is 0. The van der Waals surface area contributed by atoms with Crippen LogP contribution in [0.3, 0.4) is 0 Å². The van der Waals surface area contributed by atoms with Gasteiger partial charge in [-0.05, 0) is 0 Å². The third-order valence-corrected chi connectivity index (χ3v) is 0. The molecule has 1 radical (unpaired) electrons. The zero-order valence-electron chi connectivity index (χ0n) is 14.3. The van der Waals surface area contributed by atoms with Crippen LogP contribution in [0.1, 0.15) is 0 Å². The van der Waals surface area contributed by atoms with Crippen LogP contribution in [0.15, 0.2) is 0 Å². The summed E-state index contributed by atoms with van der Waals surface area (Å²) in [5.41, 5.74) is 0. The summed E-state index contributed by atoms with van der Waals surface area (Å²) < 4.78 is 132. The maximum atomic E-state index is 8.82. The summed E-state index contributed by atoms with van der Waals surface area (Å²) in [6, 6.07) is 0. The molecule has 0 amide bonds. The van der Waals surface area contributed by atoms with Crippen molar-refractivity contribution in [1.29, 1.82) is 0 Å². The first kappa shape index (κ1) is 69.7. The molecule has 0 fully saturated rings. The first-order valence-corrected chi connectivity index (χ1v) is 14.2. The molecule has 0 aliphatic rings. The largest absolute Gasteiger partial charge is 1.00 e. The van der Waals surface area contributed by atoms with E-state index in [1.165, 1.54) is 0 Å². The molecular weight excluding hydrogens is 719 g/mol. The van der Waals surface area contributed by atoms with Crippen LogP contribution in [0.2, 0.25) is 0 Å². The molecule has 0 spiro atoms. The maximum absolute atomic E-state index is 8.82. The quantitative estimate of drug-likeness (QED) is 0.168. The second-order valence-electron chi connectivity index (χ2n) is 1.71. The summed E-state index contributed by atoms with van der Waals surface area (Å²) >= 11 is -22.0. The zero-order chi connectivity index (χ0) is 18.0. The van der Waals surface area contributed by atoms with E-state index in [1.54, 1.807) is 0 Å². The Labute approximate surface area is 270 Å². The first-order valence-electron chi connectivity index (χ1n) is 2.73. The van der Waals surface area contributed by atoms with Crippen molar-refractivity contribution in [3.63, 3.8) is 0 Å². The van der Waals surface area contributed by atoms with E-state index < -0.39 is 53.5 Å². The Balaban J connectivity index is -0.0000000129. The minimum absolute atomic E-state index is 0. The van der Waals surface area contributed by atoms with Gasteiger partial charge in [-0.15, -0.1) is 0 Å². The monoisotopic (exact) mass is 731 g/mol. The van der Waals surface area contributed by atoms with Gasteiger partial charge in [-0.25, -0.2) is 0 Å². The van der Waals surface area contributed by atoms with Gasteiger partial charge in [0.1, 0.15) is 0 Å². The van der Waals surface area contributed by atoms with Gasteiger partial charge in [0.25, 0.3) is 0 Å². The van der Waals surface area contributed by atoms with E-state index in [0.29, 0.717) is 0 Å². The van der Waals surface area contributed by atoms with Crippen LogP contribution in [0.25, 0.3) is 0 Å². The fourth-order valence-corrected chi connectivity index (χ4v) is 0. The van der Waals surface area contributed by atoms with Gasteiger partial charge < -0.3 is 11.0 Å². The Kier molecular flexibility index (Phi) is 85.9. The predicted octanol–water partition coefficient (Wildman–Crippen LogP) is -23.5. The molecule has 8 N–H and O–H groups in total. The smallest absolute Gasteiger partial charge is 0 e. The van der Waals surface area contributed by atoms with E-state index >= 15 is 0 Å². The van der Waals surface area contributed by atoms with Gasteiger partial charge in [0, 0.05) is 29.6 Å². The Morgan fingerprint density at radius 2 is 0.444 bits per heavy atom. The summed E-state index contributed by atoms with van der Waals surface area (Å²) in [7, 11) is 0. The molecule has 0 aliphatic carbocycles. The topological polar surface area (TPSA) is 373 Å². The first-order chi connectivity index (χ1) is 8.00. The molecule has 0 bridgehead atoms. The molecule has 0 heterocycles. The van der Waals surface area contributed by atoms with Crippen LogP contribution in [0, 0.1) is 0 Å². The molecule has 27 heteroatoms. The van der Waals surface area contributed by atoms with Crippen molar-refractivity contribution in [2.75, 3.05) is 0 Å². The molecule has 0 unspecified atom stereocenters. The summed E-state index contributed by atoms with van der Waals surface area (Å²) in [6.45, 7) is 0. The minimum atomic E-state index is -5.75. The molecule has 18 nitrogen and oxygen atoms in total. The van der Waals surface area contributed by atoms with Crippen LogP contribution in [0.5, 0.6) is 0 Å². The second-order valence-corrected chi connectivity index (χ2v) is 8.90. The Morgan fingerprint density at radius 3 is 0.444 bits per heavy atom. The molecule has 0 rings (SSSR count). The number of rotatable bonds is 0. The predicted molar refractivity (Wildman–Crippen MR) is 50.4 cm³/mol. The third kappa shape index (κ3) is 1020. The fraction of sp³-hybridized carbons (Fsp3) is 0. The van der Waals surface area contributed by atoms with Crippen LogP contribution >= 0.6 is 0 Å². The number of hydrogen-bond donors (Lipinski definition) is 4. The Morgan fingerprint density at radius 1 is 0.444 bits per heavy atom. The molecule has 0 aromatic carbocycles. The Bertz CT molecular complexity index is 487. The van der Waals surface area contributed by atoms with E-state index in [9.17, 15) is 0 Å². The molecular formula is H8Na5O18Se4. The van der Waals surface area contributed by atoms with Crippen molar-refractivity contribution in [3.8, 4) is 0 Å². The van der Waals surface area contributed by atoms with Crippen LogP contribution in [-0.4, -0.2) is 111 Å². The van der Waals surface area contributed by atoms with Crippen molar-refractivity contribution >= 4 is 83.0 Å². The van der Waals surface area contributed by atoms with Crippen molar-refractivity contribution < 1.29 is 193 Å². The fourth-order valence-electron chi connectivity index (χ4n) is 0. The third-order valence-electron chi connectivity index (χ3n) is 0. The van der Waals surface area contributed by atoms with Gasteiger partial charge in [0.15, 0.2) is 0 Å². The van der Waals surface area contributed by atoms with Gasteiger partial charge in [-0.3, -0.25) is 0 Å². The van der Waals surface area contributed by atoms with E-state index in [-0.39, 0.29) is 159 Å². The van der Waals surface area contributed by atoms with Gasteiger partial charge in [-0.2, -0.15) is 0 Å². The number of hydrogen-bond acceptors (Lipinski definition) is 12. The summed E-state index contributed by atoms with van der Waals surface area (Å²) in [4.78, 5) is 0. The van der Waals surface area contributed by atoms with Crippen LogP contribution in [0.4, 0.5) is 0 Å². The van der Waals surface area contributed by atoms with E-state index in [4.69, 9.17) is 64.2 Å². The van der Waals surface area contributed by atoms with Crippen LogP contribution < -0.4 is 135 Å². The molecule has 0 aromatic heterocycles. The standard InChI is InChI=1S/5Na.4H2O4Se.2H2O/c;;;;;4*1-5(2,3)4;;/h;;;;;4*(H2,1,2,3,4);2*1H2/q;4*+1;;;;;;/p-4. The van der Waals surface area contributed by atoms with Gasteiger partial charge in [0.05, 0.1) is 0 Å².